The van der Waals surface area contributed by atoms with Crippen LogP contribution in [0.25, 0.3) is 10.8 Å². The molecule has 3 N–H and O–H groups in total. The maximum absolute atomic E-state index is 14.3. The molecule has 122 valence electrons. The molecule has 6 nitrogen and oxygen atoms in total. The number of fused-ring (bicyclic) bond motifs is 1. The number of pyridine rings is 1. The number of nitrogens with zero attached hydrogens (tertiary/aromatic N) is 1. The first-order valence-electron chi connectivity index (χ1n) is 7.07. The quantitative estimate of drug-likeness (QED) is 0.736. The van der Waals surface area contributed by atoms with Gasteiger partial charge in [0.15, 0.2) is 0 Å². The minimum atomic E-state index is -1.89. The smallest absolute Gasteiger partial charge is 0.444 e. The fourth-order valence-electron chi connectivity index (χ4n) is 2.01. The largest absolute Gasteiger partial charge is 0.491 e. The zero-order valence-corrected chi connectivity index (χ0v) is 13.1. The zero-order chi connectivity index (χ0) is 17.2. The summed E-state index contributed by atoms with van der Waals surface area (Å²) in [5, 5.41) is 21.5. The average molecular weight is 320 g/mol. The number of ether oxygens (including phenoxy) is 1. The molecule has 8 heteroatoms. The number of nitrogens with one attached hydrogen (secondary N) is 1. The normalized spacial score (nSPS) is 11.4. The molecule has 1 heterocycles. The third-order valence-electron chi connectivity index (χ3n) is 3.01. The second-order valence-corrected chi connectivity index (χ2v) is 6.09. The van der Waals surface area contributed by atoms with Crippen molar-refractivity contribution in [3.05, 3.63) is 35.9 Å². The zero-order valence-electron chi connectivity index (χ0n) is 13.1. The lowest BCUT2D eigenvalue weighted by Gasteiger charge is -2.19. The highest BCUT2D eigenvalue weighted by molar-refractivity contribution is 6.59. The minimum absolute atomic E-state index is 0.0657. The summed E-state index contributed by atoms with van der Waals surface area (Å²) in [6.45, 7) is 5.31. The van der Waals surface area contributed by atoms with Crippen molar-refractivity contribution in [2.24, 2.45) is 0 Å². The van der Waals surface area contributed by atoms with E-state index in [0.717, 1.165) is 0 Å². The summed E-state index contributed by atoms with van der Waals surface area (Å²) < 4.78 is 19.4. The lowest BCUT2D eigenvalue weighted by atomic mass is 9.79. The van der Waals surface area contributed by atoms with Crippen LogP contribution in [-0.4, -0.2) is 33.8 Å². The van der Waals surface area contributed by atoms with Gasteiger partial charge in [-0.2, -0.15) is 0 Å². The highest BCUT2D eigenvalue weighted by Gasteiger charge is 2.19. The molecule has 0 saturated heterocycles. The van der Waals surface area contributed by atoms with Gasteiger partial charge in [-0.25, -0.2) is 9.18 Å². The molecule has 0 aliphatic carbocycles. The van der Waals surface area contributed by atoms with Gasteiger partial charge >= 0.3 is 13.2 Å². The highest BCUT2D eigenvalue weighted by Crippen LogP contribution is 2.17. The first kappa shape index (κ1) is 17.2. The van der Waals surface area contributed by atoms with E-state index in [1.165, 1.54) is 18.3 Å². The third kappa shape index (κ3) is 4.40. The molecule has 23 heavy (non-hydrogen) atoms. The molecule has 0 bridgehead atoms. The van der Waals surface area contributed by atoms with Gasteiger partial charge in [0.25, 0.3) is 0 Å². The van der Waals surface area contributed by atoms with E-state index in [2.05, 4.69) is 10.3 Å². The van der Waals surface area contributed by atoms with Gasteiger partial charge in [0.1, 0.15) is 11.4 Å². The van der Waals surface area contributed by atoms with E-state index in [9.17, 15) is 9.18 Å². The highest BCUT2D eigenvalue weighted by atomic mass is 19.1. The standard InChI is InChI=1S/C15H18BFN2O4/c1-15(2,3)23-14(20)19-8-10-6-11-9(7-18-10)4-5-12(13(11)17)16(21)22/h4-7,21-22H,8H2,1-3H3,(H,19,20). The number of aromatic nitrogens is 1. The maximum atomic E-state index is 14.3. The van der Waals surface area contributed by atoms with Crippen LogP contribution in [0, 0.1) is 5.82 Å². The van der Waals surface area contributed by atoms with E-state index in [4.69, 9.17) is 14.8 Å². The Morgan fingerprint density at radius 3 is 2.70 bits per heavy atom. The number of alkyl carbamates (subject to hydrolysis) is 1. The molecular weight excluding hydrogens is 302 g/mol. The Morgan fingerprint density at radius 2 is 2.09 bits per heavy atom. The third-order valence-corrected chi connectivity index (χ3v) is 3.01. The summed E-state index contributed by atoms with van der Waals surface area (Å²) in [5.41, 5.74) is -0.402. The number of hydrogen-bond acceptors (Lipinski definition) is 5. The summed E-state index contributed by atoms with van der Waals surface area (Å²) >= 11 is 0. The van der Waals surface area contributed by atoms with Crippen LogP contribution in [-0.2, 0) is 11.3 Å². The van der Waals surface area contributed by atoms with Gasteiger partial charge in [0.05, 0.1) is 12.2 Å². The number of benzene rings is 1. The molecule has 1 amide bonds. The Balaban J connectivity index is 2.19. The second kappa shape index (κ2) is 6.51. The predicted molar refractivity (Wildman–Crippen MR) is 84.6 cm³/mol. The first-order valence-corrected chi connectivity index (χ1v) is 7.07. The van der Waals surface area contributed by atoms with Crippen molar-refractivity contribution < 1.29 is 24.0 Å². The summed E-state index contributed by atoms with van der Waals surface area (Å²) in [6, 6.07) is 4.29. The lowest BCUT2D eigenvalue weighted by molar-refractivity contribution is 0.0523. The molecule has 0 spiro atoms. The van der Waals surface area contributed by atoms with Crippen LogP contribution in [0.1, 0.15) is 26.5 Å². The van der Waals surface area contributed by atoms with Crippen LogP contribution < -0.4 is 10.8 Å². The molecule has 0 atom stereocenters. The van der Waals surface area contributed by atoms with Crippen molar-refractivity contribution in [2.45, 2.75) is 32.9 Å². The van der Waals surface area contributed by atoms with E-state index in [1.54, 1.807) is 26.8 Å². The maximum Gasteiger partial charge on any atom is 0.491 e. The fourth-order valence-corrected chi connectivity index (χ4v) is 2.01. The Morgan fingerprint density at radius 1 is 1.39 bits per heavy atom. The molecule has 0 unspecified atom stereocenters. The fraction of sp³-hybridized carbons (Fsp3) is 0.333. The van der Waals surface area contributed by atoms with Gasteiger partial charge < -0.3 is 20.1 Å². The van der Waals surface area contributed by atoms with Crippen molar-refractivity contribution in [1.82, 2.24) is 10.3 Å². The van der Waals surface area contributed by atoms with Crippen LogP contribution in [0.3, 0.4) is 0 Å². The molecule has 0 fully saturated rings. The van der Waals surface area contributed by atoms with Crippen LogP contribution in [0.2, 0.25) is 0 Å². The van der Waals surface area contributed by atoms with Gasteiger partial charge in [-0.05, 0) is 26.8 Å². The number of halogens is 1. The van der Waals surface area contributed by atoms with E-state index in [0.29, 0.717) is 11.1 Å². The van der Waals surface area contributed by atoms with Crippen molar-refractivity contribution in [1.29, 1.82) is 0 Å². The van der Waals surface area contributed by atoms with E-state index in [-0.39, 0.29) is 17.4 Å². The topological polar surface area (TPSA) is 91.7 Å². The Hall–Kier alpha value is -2.19. The number of carbonyl (C=O) groups is 1. The van der Waals surface area contributed by atoms with Crippen LogP contribution in [0.4, 0.5) is 9.18 Å². The van der Waals surface area contributed by atoms with Crippen LogP contribution in [0.15, 0.2) is 24.4 Å². The monoisotopic (exact) mass is 320 g/mol. The number of hydrogen-bond donors (Lipinski definition) is 3. The van der Waals surface area contributed by atoms with Gasteiger partial charge in [-0.15, -0.1) is 0 Å². The first-order chi connectivity index (χ1) is 10.7. The van der Waals surface area contributed by atoms with Crippen molar-refractivity contribution in [2.75, 3.05) is 0 Å². The number of rotatable bonds is 3. The van der Waals surface area contributed by atoms with E-state index >= 15 is 0 Å². The van der Waals surface area contributed by atoms with Gasteiger partial charge in [-0.3, -0.25) is 4.98 Å². The molecule has 2 aromatic rings. The summed E-state index contributed by atoms with van der Waals surface area (Å²) in [4.78, 5) is 15.7. The van der Waals surface area contributed by atoms with Crippen LogP contribution in [0.5, 0.6) is 0 Å². The van der Waals surface area contributed by atoms with Gasteiger partial charge in [0, 0.05) is 22.4 Å². The number of amides is 1. The van der Waals surface area contributed by atoms with Gasteiger partial charge in [-0.1, -0.05) is 12.1 Å². The number of carbonyl (C=O) groups excluding carboxylic acids is 1. The van der Waals surface area contributed by atoms with Gasteiger partial charge in [0.2, 0.25) is 0 Å². The predicted octanol–water partition coefficient (Wildman–Crippen LogP) is 1.08. The Kier molecular flexibility index (Phi) is 4.86. The molecule has 0 saturated carbocycles. The molecule has 1 aromatic carbocycles. The average Bonchev–Trinajstić information content (AvgIpc) is 2.43. The summed E-state index contributed by atoms with van der Waals surface area (Å²) in [6.07, 6.45) is 0.859. The Bertz CT molecular complexity index is 731. The molecule has 1 aromatic heterocycles. The molecule has 0 aliphatic heterocycles. The van der Waals surface area contributed by atoms with Crippen molar-refractivity contribution in [3.8, 4) is 0 Å². The SMILES string of the molecule is CC(C)(C)OC(=O)NCc1cc2c(F)c(B(O)O)ccc2cn1. The van der Waals surface area contributed by atoms with Crippen molar-refractivity contribution >= 4 is 29.4 Å². The van der Waals surface area contributed by atoms with E-state index < -0.39 is 24.6 Å². The van der Waals surface area contributed by atoms with E-state index in [1.807, 2.05) is 0 Å². The van der Waals surface area contributed by atoms with Crippen molar-refractivity contribution in [3.63, 3.8) is 0 Å². The molecule has 0 radical (unpaired) electrons. The van der Waals surface area contributed by atoms with Crippen LogP contribution >= 0.6 is 0 Å². The molecular formula is C15H18BFN2O4. The second-order valence-electron chi connectivity index (χ2n) is 6.09. The summed E-state index contributed by atoms with van der Waals surface area (Å²) in [7, 11) is -1.89. The minimum Gasteiger partial charge on any atom is -0.444 e. The molecule has 2 rings (SSSR count). The summed E-state index contributed by atoms with van der Waals surface area (Å²) in [5.74, 6) is -0.724. The lowest BCUT2D eigenvalue weighted by Crippen LogP contribution is -2.33. The molecule has 0 aliphatic rings. The Labute approximate surface area is 133 Å².